The van der Waals surface area contributed by atoms with E-state index in [0.29, 0.717) is 60.2 Å². The SMILES string of the molecule is CCOC(=O)c1cccc(NC(=O)C2CCN(C(=O)N3CC(C)Oc4ccc(Cl)cc43)CC2)c1. The lowest BCUT2D eigenvalue weighted by Gasteiger charge is -2.39. The topological polar surface area (TPSA) is 88.2 Å². The van der Waals surface area contributed by atoms with E-state index in [0.717, 1.165) is 0 Å². The minimum atomic E-state index is -0.425. The molecule has 0 aromatic heterocycles. The predicted octanol–water partition coefficient (Wildman–Crippen LogP) is 4.57. The van der Waals surface area contributed by atoms with Crippen molar-refractivity contribution in [1.82, 2.24) is 4.90 Å². The lowest BCUT2D eigenvalue weighted by atomic mass is 9.96. The van der Waals surface area contributed by atoms with Crippen molar-refractivity contribution in [3.63, 3.8) is 0 Å². The average Bonchev–Trinajstić information content (AvgIpc) is 2.84. The number of benzene rings is 2. The van der Waals surface area contributed by atoms with Gasteiger partial charge in [-0.3, -0.25) is 9.69 Å². The zero-order chi connectivity index (χ0) is 24.2. The van der Waals surface area contributed by atoms with Gasteiger partial charge in [-0.15, -0.1) is 0 Å². The predicted molar refractivity (Wildman–Crippen MR) is 130 cm³/mol. The number of amides is 3. The maximum atomic E-state index is 13.3. The molecule has 0 bridgehead atoms. The minimum Gasteiger partial charge on any atom is -0.487 e. The van der Waals surface area contributed by atoms with Crippen LogP contribution in [-0.2, 0) is 9.53 Å². The first-order valence-corrected chi connectivity index (χ1v) is 11.8. The van der Waals surface area contributed by atoms with Crippen LogP contribution in [0.4, 0.5) is 16.2 Å². The molecule has 1 N–H and O–H groups in total. The summed E-state index contributed by atoms with van der Waals surface area (Å²) in [6, 6.07) is 11.9. The molecule has 3 amide bonds. The van der Waals surface area contributed by atoms with E-state index in [1.807, 2.05) is 6.92 Å². The van der Waals surface area contributed by atoms with Crippen LogP contribution in [0.2, 0.25) is 5.02 Å². The summed E-state index contributed by atoms with van der Waals surface area (Å²) in [6.45, 7) is 5.33. The van der Waals surface area contributed by atoms with Crippen LogP contribution in [0.3, 0.4) is 0 Å². The van der Waals surface area contributed by atoms with Crippen LogP contribution < -0.4 is 15.0 Å². The van der Waals surface area contributed by atoms with Crippen LogP contribution in [-0.4, -0.2) is 55.2 Å². The fraction of sp³-hybridized carbons (Fsp3) is 0.400. The van der Waals surface area contributed by atoms with E-state index >= 15 is 0 Å². The number of urea groups is 1. The van der Waals surface area contributed by atoms with E-state index in [-0.39, 0.29) is 30.6 Å². The molecule has 1 fully saturated rings. The largest absolute Gasteiger partial charge is 0.487 e. The molecule has 1 saturated heterocycles. The van der Waals surface area contributed by atoms with Crippen LogP contribution in [0, 0.1) is 5.92 Å². The van der Waals surface area contributed by atoms with Crippen LogP contribution in [0.15, 0.2) is 42.5 Å². The highest BCUT2D eigenvalue weighted by atomic mass is 35.5. The lowest BCUT2D eigenvalue weighted by molar-refractivity contribution is -0.121. The Hall–Kier alpha value is -3.26. The molecule has 0 saturated carbocycles. The summed E-state index contributed by atoms with van der Waals surface area (Å²) in [7, 11) is 0. The first kappa shape index (κ1) is 23.9. The first-order chi connectivity index (χ1) is 16.4. The number of fused-ring (bicyclic) bond motifs is 1. The zero-order valence-electron chi connectivity index (χ0n) is 19.3. The molecule has 9 heteroatoms. The summed E-state index contributed by atoms with van der Waals surface area (Å²) in [5.74, 6) is -0.132. The third-order valence-corrected chi connectivity index (χ3v) is 6.22. The van der Waals surface area contributed by atoms with Crippen molar-refractivity contribution >= 4 is 40.9 Å². The number of likely N-dealkylation sites (tertiary alicyclic amines) is 1. The maximum absolute atomic E-state index is 13.3. The van der Waals surface area contributed by atoms with E-state index in [4.69, 9.17) is 21.1 Å². The molecule has 2 aliphatic rings. The average molecular weight is 486 g/mol. The normalized spacial score (nSPS) is 18.0. The van der Waals surface area contributed by atoms with Gasteiger partial charge in [0, 0.05) is 29.7 Å². The van der Waals surface area contributed by atoms with Crippen molar-refractivity contribution < 1.29 is 23.9 Å². The van der Waals surface area contributed by atoms with Crippen molar-refractivity contribution in [2.75, 3.05) is 36.5 Å². The standard InChI is InChI=1S/C25H28ClN3O5/c1-3-33-24(31)18-5-4-6-20(13-18)27-23(30)17-9-11-28(12-10-17)25(32)29-15-16(2)34-22-8-7-19(26)14-21(22)29/h4-8,13-14,16-17H,3,9-12,15H2,1-2H3,(H,27,30). The van der Waals surface area contributed by atoms with Crippen LogP contribution in [0.5, 0.6) is 5.75 Å². The highest BCUT2D eigenvalue weighted by molar-refractivity contribution is 6.31. The van der Waals surface area contributed by atoms with Gasteiger partial charge in [0.15, 0.2) is 0 Å². The van der Waals surface area contributed by atoms with Gasteiger partial charge in [-0.2, -0.15) is 0 Å². The number of anilines is 2. The van der Waals surface area contributed by atoms with Gasteiger partial charge >= 0.3 is 12.0 Å². The van der Waals surface area contributed by atoms with E-state index in [2.05, 4.69) is 5.32 Å². The Bertz CT molecular complexity index is 1080. The Morgan fingerprint density at radius 1 is 1.15 bits per heavy atom. The number of halogens is 1. The highest BCUT2D eigenvalue weighted by Crippen LogP contribution is 2.36. The van der Waals surface area contributed by atoms with Gasteiger partial charge < -0.3 is 19.7 Å². The Morgan fingerprint density at radius 3 is 2.65 bits per heavy atom. The van der Waals surface area contributed by atoms with E-state index in [9.17, 15) is 14.4 Å². The Morgan fingerprint density at radius 2 is 1.91 bits per heavy atom. The first-order valence-electron chi connectivity index (χ1n) is 11.5. The fourth-order valence-electron chi connectivity index (χ4n) is 4.28. The number of piperidine rings is 1. The number of carbonyl (C=O) groups is 3. The number of ether oxygens (including phenoxy) is 2. The van der Waals surface area contributed by atoms with Crippen molar-refractivity contribution in [3.8, 4) is 5.75 Å². The monoisotopic (exact) mass is 485 g/mol. The lowest BCUT2D eigenvalue weighted by Crippen LogP contribution is -2.51. The molecule has 2 aliphatic heterocycles. The molecule has 180 valence electrons. The molecule has 0 spiro atoms. The molecule has 4 rings (SSSR count). The van der Waals surface area contributed by atoms with Crippen molar-refractivity contribution in [1.29, 1.82) is 0 Å². The van der Waals surface area contributed by atoms with E-state index in [1.165, 1.54) is 0 Å². The third kappa shape index (κ3) is 5.28. The van der Waals surface area contributed by atoms with Crippen molar-refractivity contribution in [3.05, 3.63) is 53.1 Å². The molecule has 2 aromatic carbocycles. The summed E-state index contributed by atoms with van der Waals surface area (Å²) in [5.41, 5.74) is 1.60. The number of carbonyl (C=O) groups excluding carboxylic acids is 3. The summed E-state index contributed by atoms with van der Waals surface area (Å²) < 4.78 is 10.9. The molecule has 2 heterocycles. The number of esters is 1. The maximum Gasteiger partial charge on any atom is 0.338 e. The highest BCUT2D eigenvalue weighted by Gasteiger charge is 2.34. The van der Waals surface area contributed by atoms with Gasteiger partial charge in [-0.1, -0.05) is 17.7 Å². The third-order valence-electron chi connectivity index (χ3n) is 5.99. The van der Waals surface area contributed by atoms with Gasteiger partial charge in [0.25, 0.3) is 0 Å². The van der Waals surface area contributed by atoms with Crippen molar-refractivity contribution in [2.45, 2.75) is 32.8 Å². The fourth-order valence-corrected chi connectivity index (χ4v) is 4.44. The zero-order valence-corrected chi connectivity index (χ0v) is 20.0. The number of rotatable bonds is 4. The van der Waals surface area contributed by atoms with Crippen LogP contribution in [0.1, 0.15) is 37.0 Å². The molecule has 0 aliphatic carbocycles. The van der Waals surface area contributed by atoms with E-state index in [1.54, 1.807) is 59.2 Å². The van der Waals surface area contributed by atoms with Gasteiger partial charge in [0.1, 0.15) is 11.9 Å². The smallest absolute Gasteiger partial charge is 0.338 e. The summed E-state index contributed by atoms with van der Waals surface area (Å²) in [6.07, 6.45) is 0.973. The van der Waals surface area contributed by atoms with Gasteiger partial charge in [0.05, 0.1) is 24.4 Å². The summed E-state index contributed by atoms with van der Waals surface area (Å²) in [5, 5.41) is 3.43. The van der Waals surface area contributed by atoms with Crippen LogP contribution in [0.25, 0.3) is 0 Å². The second-order valence-electron chi connectivity index (χ2n) is 8.49. The Kier molecular flexibility index (Phi) is 7.26. The van der Waals surface area contributed by atoms with Gasteiger partial charge in [0.2, 0.25) is 5.91 Å². The second-order valence-corrected chi connectivity index (χ2v) is 8.92. The van der Waals surface area contributed by atoms with Gasteiger partial charge in [-0.05, 0) is 63.1 Å². The van der Waals surface area contributed by atoms with Gasteiger partial charge in [-0.25, -0.2) is 9.59 Å². The molecule has 34 heavy (non-hydrogen) atoms. The molecule has 1 atom stereocenters. The van der Waals surface area contributed by atoms with E-state index < -0.39 is 5.97 Å². The Balaban J connectivity index is 1.36. The molecule has 2 aromatic rings. The summed E-state index contributed by atoms with van der Waals surface area (Å²) >= 11 is 6.15. The number of nitrogens with one attached hydrogen (secondary N) is 1. The minimum absolute atomic E-state index is 0.111. The quantitative estimate of drug-likeness (QED) is 0.640. The Labute approximate surface area is 203 Å². The summed E-state index contributed by atoms with van der Waals surface area (Å²) in [4.78, 5) is 41.5. The number of nitrogens with zero attached hydrogens (tertiary/aromatic N) is 2. The molecule has 1 unspecified atom stereocenters. The molecular weight excluding hydrogens is 458 g/mol. The molecule has 0 radical (unpaired) electrons. The van der Waals surface area contributed by atoms with Crippen molar-refractivity contribution in [2.24, 2.45) is 5.92 Å². The molecule has 8 nitrogen and oxygen atoms in total. The molecular formula is C25H28ClN3O5. The number of hydrogen-bond donors (Lipinski definition) is 1. The number of hydrogen-bond acceptors (Lipinski definition) is 5. The van der Waals surface area contributed by atoms with Crippen LogP contribution >= 0.6 is 11.6 Å². The second kappa shape index (κ2) is 10.3.